The van der Waals surface area contributed by atoms with Crippen molar-refractivity contribution in [2.75, 3.05) is 38.8 Å². The fraction of sp³-hybridized carbons (Fsp3) is 0.192. The maximum absolute atomic E-state index is 12.6. The molecule has 0 saturated carbocycles. The Morgan fingerprint density at radius 2 is 1.94 bits per heavy atom. The van der Waals surface area contributed by atoms with Crippen molar-refractivity contribution in [3.05, 3.63) is 89.6 Å². The van der Waals surface area contributed by atoms with Crippen molar-refractivity contribution < 1.29 is 9.53 Å². The van der Waals surface area contributed by atoms with E-state index in [2.05, 4.69) is 22.5 Å². The third-order valence-electron chi connectivity index (χ3n) is 5.04. The Bertz CT molecular complexity index is 1110. The number of ether oxygens (including phenoxy) is 1. The molecular formula is C26H26N4O2. The highest BCUT2D eigenvalue weighted by Gasteiger charge is 2.25. The average Bonchev–Trinajstić information content (AvgIpc) is 3.08. The third kappa shape index (κ3) is 5.60. The third-order valence-corrected chi connectivity index (χ3v) is 5.04. The number of amidine groups is 1. The molecule has 1 heterocycles. The quantitative estimate of drug-likeness (QED) is 0.344. The second kappa shape index (κ2) is 10.9. The fourth-order valence-electron chi connectivity index (χ4n) is 3.15. The molecule has 0 fully saturated rings. The molecule has 0 unspecified atom stereocenters. The van der Waals surface area contributed by atoms with Gasteiger partial charge >= 0.3 is 0 Å². The van der Waals surface area contributed by atoms with Crippen molar-refractivity contribution in [1.82, 2.24) is 4.90 Å². The summed E-state index contributed by atoms with van der Waals surface area (Å²) in [5, 5.41) is 9.23. The molecule has 6 nitrogen and oxygen atoms in total. The van der Waals surface area contributed by atoms with Crippen LogP contribution in [0, 0.1) is 11.3 Å². The van der Waals surface area contributed by atoms with E-state index in [1.807, 2.05) is 49.5 Å². The largest absolute Gasteiger partial charge is 0.376 e. The van der Waals surface area contributed by atoms with Gasteiger partial charge in [0.25, 0.3) is 5.91 Å². The molecule has 32 heavy (non-hydrogen) atoms. The first-order valence-electron chi connectivity index (χ1n) is 10.3. The summed E-state index contributed by atoms with van der Waals surface area (Å²) >= 11 is 0. The lowest BCUT2D eigenvalue weighted by Gasteiger charge is -2.19. The van der Waals surface area contributed by atoms with E-state index in [4.69, 9.17) is 4.74 Å². The number of nitrogens with zero attached hydrogens (tertiary/aromatic N) is 4. The molecule has 0 N–H and O–H groups in total. The molecule has 1 amide bonds. The van der Waals surface area contributed by atoms with Gasteiger partial charge < -0.3 is 9.64 Å². The number of hydrogen-bond donors (Lipinski definition) is 0. The van der Waals surface area contributed by atoms with Gasteiger partial charge in [0.05, 0.1) is 24.8 Å². The fourth-order valence-corrected chi connectivity index (χ4v) is 3.15. The van der Waals surface area contributed by atoms with E-state index in [0.717, 1.165) is 23.4 Å². The minimum atomic E-state index is -0.168. The molecule has 0 radical (unpaired) electrons. The summed E-state index contributed by atoms with van der Waals surface area (Å²) in [5.41, 5.74) is 3.69. The van der Waals surface area contributed by atoms with Gasteiger partial charge in [-0.05, 0) is 47.6 Å². The Balaban J connectivity index is 1.72. The molecule has 0 aromatic heterocycles. The number of rotatable bonds is 9. The van der Waals surface area contributed by atoms with E-state index >= 15 is 0 Å². The number of nitriles is 1. The predicted molar refractivity (Wildman–Crippen MR) is 129 cm³/mol. The van der Waals surface area contributed by atoms with Gasteiger partial charge in [0.1, 0.15) is 11.5 Å². The van der Waals surface area contributed by atoms with Crippen LogP contribution in [0.15, 0.2) is 78.0 Å². The zero-order valence-corrected chi connectivity index (χ0v) is 18.4. The molecule has 0 atom stereocenters. The van der Waals surface area contributed by atoms with Crippen molar-refractivity contribution in [2.45, 2.75) is 0 Å². The normalized spacial score (nSPS) is 14.7. The SMILES string of the molecule is C=CCOCCN(C)c1ccc(/C=C2N=C(/C=C/c3ccccc3C#N)N(C)C\2=O)cc1. The predicted octanol–water partition coefficient (Wildman–Crippen LogP) is 4.12. The molecule has 0 spiro atoms. The van der Waals surface area contributed by atoms with E-state index in [-0.39, 0.29) is 5.91 Å². The summed E-state index contributed by atoms with van der Waals surface area (Å²) in [6, 6.07) is 17.4. The number of likely N-dealkylation sites (N-methyl/N-ethyl adjacent to an activating group) is 2. The number of benzene rings is 2. The highest BCUT2D eigenvalue weighted by atomic mass is 16.5. The van der Waals surface area contributed by atoms with Gasteiger partial charge in [-0.2, -0.15) is 5.26 Å². The van der Waals surface area contributed by atoms with E-state index in [9.17, 15) is 10.1 Å². The Hall–Kier alpha value is -3.95. The van der Waals surface area contributed by atoms with Gasteiger partial charge in [-0.15, -0.1) is 6.58 Å². The number of amides is 1. The van der Waals surface area contributed by atoms with Gasteiger partial charge in [-0.25, -0.2) is 4.99 Å². The molecule has 2 aromatic carbocycles. The second-order valence-electron chi connectivity index (χ2n) is 7.27. The molecule has 1 aliphatic rings. The molecule has 162 valence electrons. The van der Waals surface area contributed by atoms with Gasteiger partial charge in [0, 0.05) is 26.3 Å². The standard InChI is InChI=1S/C26H26N4O2/c1-4-16-32-17-15-29(2)23-12-9-20(10-13-23)18-24-26(31)30(3)25(28-24)14-11-21-7-5-6-8-22(21)19-27/h4-14,18H,1,15-17H2,2-3H3/b14-11+,24-18-. The first-order valence-corrected chi connectivity index (χ1v) is 10.3. The van der Waals surface area contributed by atoms with E-state index in [0.29, 0.717) is 30.3 Å². The first kappa shape index (κ1) is 22.7. The summed E-state index contributed by atoms with van der Waals surface area (Å²) < 4.78 is 5.43. The monoisotopic (exact) mass is 426 g/mol. The lowest BCUT2D eigenvalue weighted by atomic mass is 10.1. The topological polar surface area (TPSA) is 68.9 Å². The average molecular weight is 427 g/mol. The summed E-state index contributed by atoms with van der Waals surface area (Å²) in [7, 11) is 3.70. The summed E-state index contributed by atoms with van der Waals surface area (Å²) in [4.78, 5) is 20.7. The minimum absolute atomic E-state index is 0.168. The number of anilines is 1. The van der Waals surface area contributed by atoms with Gasteiger partial charge in [0.15, 0.2) is 0 Å². The first-order chi connectivity index (χ1) is 15.5. The highest BCUT2D eigenvalue weighted by Crippen LogP contribution is 2.21. The van der Waals surface area contributed by atoms with Crippen molar-refractivity contribution in [1.29, 1.82) is 5.26 Å². The van der Waals surface area contributed by atoms with Gasteiger partial charge in [0.2, 0.25) is 0 Å². The number of carbonyl (C=O) groups excluding carboxylic acids is 1. The van der Waals surface area contributed by atoms with Crippen LogP contribution >= 0.6 is 0 Å². The van der Waals surface area contributed by atoms with Crippen LogP contribution in [0.25, 0.3) is 12.2 Å². The molecule has 0 bridgehead atoms. The maximum atomic E-state index is 12.6. The molecule has 0 saturated heterocycles. The number of aliphatic imine (C=N–C) groups is 1. The highest BCUT2D eigenvalue weighted by molar-refractivity contribution is 6.18. The molecule has 1 aliphatic heterocycles. The van der Waals surface area contributed by atoms with Gasteiger partial charge in [-0.1, -0.05) is 36.4 Å². The molecule has 6 heteroatoms. The van der Waals surface area contributed by atoms with Crippen LogP contribution in [0.4, 0.5) is 5.69 Å². The van der Waals surface area contributed by atoms with Crippen molar-refractivity contribution in [2.24, 2.45) is 4.99 Å². The Kier molecular flexibility index (Phi) is 7.74. The van der Waals surface area contributed by atoms with Crippen molar-refractivity contribution in [3.8, 4) is 6.07 Å². The molecule has 3 rings (SSSR count). The number of carbonyl (C=O) groups is 1. The zero-order chi connectivity index (χ0) is 22.9. The van der Waals surface area contributed by atoms with Crippen LogP contribution in [0.5, 0.6) is 0 Å². The lowest BCUT2D eigenvalue weighted by Crippen LogP contribution is -2.26. The van der Waals surface area contributed by atoms with E-state index in [1.165, 1.54) is 4.90 Å². The van der Waals surface area contributed by atoms with Crippen LogP contribution in [0.2, 0.25) is 0 Å². The van der Waals surface area contributed by atoms with Crippen LogP contribution in [-0.4, -0.2) is 50.5 Å². The van der Waals surface area contributed by atoms with Crippen molar-refractivity contribution >= 4 is 29.6 Å². The van der Waals surface area contributed by atoms with Crippen LogP contribution in [0.3, 0.4) is 0 Å². The Labute approximate surface area is 189 Å². The van der Waals surface area contributed by atoms with Gasteiger partial charge in [-0.3, -0.25) is 9.69 Å². The van der Waals surface area contributed by atoms with E-state index < -0.39 is 0 Å². The second-order valence-corrected chi connectivity index (χ2v) is 7.27. The van der Waals surface area contributed by atoms with Crippen molar-refractivity contribution in [3.63, 3.8) is 0 Å². The maximum Gasteiger partial charge on any atom is 0.277 e. The summed E-state index contributed by atoms with van der Waals surface area (Å²) in [6.07, 6.45) is 7.06. The summed E-state index contributed by atoms with van der Waals surface area (Å²) in [6.45, 7) is 5.58. The smallest absolute Gasteiger partial charge is 0.277 e. The van der Waals surface area contributed by atoms with Crippen LogP contribution in [0.1, 0.15) is 16.7 Å². The van der Waals surface area contributed by atoms with Crippen LogP contribution < -0.4 is 4.90 Å². The number of hydrogen-bond acceptors (Lipinski definition) is 5. The van der Waals surface area contributed by atoms with Crippen LogP contribution in [-0.2, 0) is 9.53 Å². The van der Waals surface area contributed by atoms with E-state index in [1.54, 1.807) is 37.4 Å². The Morgan fingerprint density at radius 1 is 1.19 bits per heavy atom. The Morgan fingerprint density at radius 3 is 2.66 bits per heavy atom. The summed E-state index contributed by atoms with van der Waals surface area (Å²) in [5.74, 6) is 0.364. The lowest BCUT2D eigenvalue weighted by molar-refractivity contribution is -0.121. The molecular weight excluding hydrogens is 400 g/mol. The molecule has 0 aliphatic carbocycles. The zero-order valence-electron chi connectivity index (χ0n) is 18.4. The molecule has 2 aromatic rings. The minimum Gasteiger partial charge on any atom is -0.376 e.